The van der Waals surface area contributed by atoms with Crippen molar-refractivity contribution < 1.29 is 23.5 Å². The van der Waals surface area contributed by atoms with Gasteiger partial charge in [0.15, 0.2) is 0 Å². The van der Waals surface area contributed by atoms with Gasteiger partial charge in [0.05, 0.1) is 17.0 Å². The molecule has 9 nitrogen and oxygen atoms in total. The maximum absolute atomic E-state index is 15.7. The number of hydrogen-bond donors (Lipinski definition) is 1. The van der Waals surface area contributed by atoms with Gasteiger partial charge in [0.1, 0.15) is 17.3 Å². The van der Waals surface area contributed by atoms with Crippen LogP contribution >= 0.6 is 22.6 Å². The largest absolute Gasteiger partial charge is 0.457 e. The van der Waals surface area contributed by atoms with Crippen molar-refractivity contribution >= 4 is 34.4 Å². The van der Waals surface area contributed by atoms with Crippen molar-refractivity contribution in [3.8, 4) is 22.8 Å². The van der Waals surface area contributed by atoms with Crippen molar-refractivity contribution in [3.05, 3.63) is 71.2 Å². The molecule has 1 aromatic heterocycles. The smallest absolute Gasteiger partial charge is 0.254 e. The van der Waals surface area contributed by atoms with Gasteiger partial charge in [-0.1, -0.05) is 43.4 Å². The lowest BCUT2D eigenvalue weighted by molar-refractivity contribution is -0.128. The van der Waals surface area contributed by atoms with Gasteiger partial charge in [0.25, 0.3) is 5.91 Å². The summed E-state index contributed by atoms with van der Waals surface area (Å²) in [7, 11) is 0. The minimum Gasteiger partial charge on any atom is -0.457 e. The lowest BCUT2D eigenvalue weighted by atomic mass is 9.97. The number of halogens is 2. The zero-order chi connectivity index (χ0) is 33.8. The van der Waals surface area contributed by atoms with Gasteiger partial charge in [-0.25, -0.2) is 4.39 Å². The van der Waals surface area contributed by atoms with E-state index in [0.717, 1.165) is 69.1 Å². The number of nitrogens with zero attached hydrogens (tertiary/aromatic N) is 4. The van der Waals surface area contributed by atoms with Crippen LogP contribution in [0.15, 0.2) is 48.5 Å². The molecule has 11 heteroatoms. The van der Waals surface area contributed by atoms with E-state index >= 15 is 4.39 Å². The van der Waals surface area contributed by atoms with E-state index in [1.165, 1.54) is 12.1 Å². The number of ether oxygens (including phenoxy) is 2. The standard InChI is InChI=1S/C37H45FIN5O4/c1-23(2)32-8-9-33(42-41-32)26-4-6-28(7-5-26)48-35-18-29(30(38)17-27(35)21-44-19-24(3)16-36(44)45)37(46)40-34-10-13-43(22-31(34)39)20-25-11-14-47-15-12-25/h4-9,17-18,23-25,31,34H,10-16,19-22H2,1-3H3,(H,40,46)/t24-,31+,34-/m0/s1. The third-order valence-corrected chi connectivity index (χ3v) is 10.9. The fourth-order valence-electron chi connectivity index (χ4n) is 6.78. The zero-order valence-electron chi connectivity index (χ0n) is 28.0. The van der Waals surface area contributed by atoms with Gasteiger partial charge in [-0.2, -0.15) is 10.2 Å². The number of likely N-dealkylation sites (tertiary alicyclic amines) is 2. The van der Waals surface area contributed by atoms with E-state index in [2.05, 4.69) is 56.9 Å². The van der Waals surface area contributed by atoms with Crippen LogP contribution in [0.1, 0.15) is 74.0 Å². The first-order valence-electron chi connectivity index (χ1n) is 17.1. The van der Waals surface area contributed by atoms with Crippen LogP contribution < -0.4 is 10.1 Å². The average molecular weight is 770 g/mol. The molecule has 3 fully saturated rings. The van der Waals surface area contributed by atoms with Crippen LogP contribution in [0.3, 0.4) is 0 Å². The number of piperidine rings is 1. The predicted molar refractivity (Wildman–Crippen MR) is 191 cm³/mol. The Bertz CT molecular complexity index is 1580. The Morgan fingerprint density at radius 1 is 1.08 bits per heavy atom. The van der Waals surface area contributed by atoms with Crippen molar-refractivity contribution in [2.45, 2.75) is 68.9 Å². The molecule has 3 saturated heterocycles. The highest BCUT2D eigenvalue weighted by atomic mass is 127. The molecular weight excluding hydrogens is 724 g/mol. The summed E-state index contributed by atoms with van der Waals surface area (Å²) in [5, 5.41) is 11.8. The van der Waals surface area contributed by atoms with E-state index in [0.29, 0.717) is 41.9 Å². The SMILES string of the molecule is CC(C)c1ccc(-c2ccc(Oc3cc(C(=O)N[C@H]4CCN(CC5CCOCC5)C[C@H]4I)c(F)cc3CN3C[C@@H](C)CC3=O)cc2)nn1. The number of carbonyl (C=O) groups excluding carboxylic acids is 2. The molecule has 2 amide bonds. The van der Waals surface area contributed by atoms with Gasteiger partial charge in [-0.15, -0.1) is 0 Å². The number of rotatable bonds is 10. The van der Waals surface area contributed by atoms with Crippen LogP contribution in [-0.2, 0) is 16.1 Å². The van der Waals surface area contributed by atoms with Gasteiger partial charge in [-0.3, -0.25) is 9.59 Å². The van der Waals surface area contributed by atoms with Gasteiger partial charge in [-0.05, 0) is 85.5 Å². The monoisotopic (exact) mass is 769 g/mol. The molecule has 3 aliphatic heterocycles. The molecule has 1 N–H and O–H groups in total. The van der Waals surface area contributed by atoms with Crippen molar-refractivity contribution in [1.82, 2.24) is 25.3 Å². The summed E-state index contributed by atoms with van der Waals surface area (Å²) >= 11 is 2.41. The van der Waals surface area contributed by atoms with Crippen LogP contribution in [0.4, 0.5) is 4.39 Å². The van der Waals surface area contributed by atoms with Crippen LogP contribution in [-0.4, -0.2) is 81.2 Å². The van der Waals surface area contributed by atoms with E-state index in [1.807, 2.05) is 43.3 Å². The highest BCUT2D eigenvalue weighted by Crippen LogP contribution is 2.33. The topological polar surface area (TPSA) is 96.9 Å². The van der Waals surface area contributed by atoms with Crippen LogP contribution in [0, 0.1) is 17.7 Å². The summed E-state index contributed by atoms with van der Waals surface area (Å²) in [6.07, 6.45) is 3.46. The fraction of sp³-hybridized carbons (Fsp3) is 0.514. The first-order valence-corrected chi connectivity index (χ1v) is 18.3. The summed E-state index contributed by atoms with van der Waals surface area (Å²) < 4.78 is 27.8. The van der Waals surface area contributed by atoms with Gasteiger partial charge >= 0.3 is 0 Å². The molecule has 48 heavy (non-hydrogen) atoms. The minimum atomic E-state index is -0.629. The van der Waals surface area contributed by atoms with Gasteiger partial charge in [0.2, 0.25) is 5.91 Å². The van der Waals surface area contributed by atoms with E-state index in [4.69, 9.17) is 9.47 Å². The average Bonchev–Trinajstić information content (AvgIpc) is 3.39. The molecule has 2 aromatic carbocycles. The summed E-state index contributed by atoms with van der Waals surface area (Å²) in [5.74, 6) is 0.983. The molecule has 0 aliphatic carbocycles. The second-order valence-electron chi connectivity index (χ2n) is 13.8. The summed E-state index contributed by atoms with van der Waals surface area (Å²) in [4.78, 5) is 30.4. The molecule has 3 aromatic rings. The van der Waals surface area contributed by atoms with E-state index in [9.17, 15) is 9.59 Å². The molecule has 3 aliphatic rings. The second-order valence-corrected chi connectivity index (χ2v) is 15.4. The van der Waals surface area contributed by atoms with E-state index < -0.39 is 11.7 Å². The fourth-order valence-corrected chi connectivity index (χ4v) is 7.87. The first-order chi connectivity index (χ1) is 23.1. The van der Waals surface area contributed by atoms with Crippen LogP contribution in [0.5, 0.6) is 11.5 Å². The third-order valence-electron chi connectivity index (χ3n) is 9.62. The van der Waals surface area contributed by atoms with Crippen molar-refractivity contribution in [3.63, 3.8) is 0 Å². The minimum absolute atomic E-state index is 0.0286. The lowest BCUT2D eigenvalue weighted by Crippen LogP contribution is -2.52. The van der Waals surface area contributed by atoms with Crippen LogP contribution in [0.25, 0.3) is 11.3 Å². The molecule has 0 unspecified atom stereocenters. The molecule has 3 atom stereocenters. The number of carbonyl (C=O) groups is 2. The Balaban J connectivity index is 1.18. The molecule has 0 spiro atoms. The molecule has 0 saturated carbocycles. The predicted octanol–water partition coefficient (Wildman–Crippen LogP) is 6.60. The molecule has 256 valence electrons. The number of benzene rings is 2. The lowest BCUT2D eigenvalue weighted by Gasteiger charge is -2.38. The summed E-state index contributed by atoms with van der Waals surface area (Å²) in [6, 6.07) is 14.1. The quantitative estimate of drug-likeness (QED) is 0.184. The Hall–Kier alpha value is -3.16. The Morgan fingerprint density at radius 2 is 1.85 bits per heavy atom. The molecule has 0 radical (unpaired) electrons. The third kappa shape index (κ3) is 8.52. The number of amides is 2. The number of alkyl halides is 1. The van der Waals surface area contributed by atoms with Gasteiger partial charge < -0.3 is 24.6 Å². The maximum atomic E-state index is 15.7. The number of aromatic nitrogens is 2. The zero-order valence-corrected chi connectivity index (χ0v) is 30.1. The number of nitrogens with one attached hydrogen (secondary N) is 1. The Kier molecular flexibility index (Phi) is 11.3. The van der Waals surface area contributed by atoms with E-state index in [-0.39, 0.29) is 33.9 Å². The molecule has 4 heterocycles. The first kappa shape index (κ1) is 34.7. The van der Waals surface area contributed by atoms with Gasteiger partial charge in [0, 0.05) is 73.5 Å². The molecule has 6 rings (SSSR count). The molecule has 0 bridgehead atoms. The second kappa shape index (κ2) is 15.6. The summed E-state index contributed by atoms with van der Waals surface area (Å²) in [6.45, 7) is 11.5. The maximum Gasteiger partial charge on any atom is 0.254 e. The Labute approximate surface area is 296 Å². The van der Waals surface area contributed by atoms with Crippen molar-refractivity contribution in [2.24, 2.45) is 11.8 Å². The molecular formula is C37H45FIN5O4. The summed E-state index contributed by atoms with van der Waals surface area (Å²) in [5.41, 5.74) is 3.00. The van der Waals surface area contributed by atoms with Crippen molar-refractivity contribution in [2.75, 3.05) is 39.4 Å². The van der Waals surface area contributed by atoms with Crippen molar-refractivity contribution in [1.29, 1.82) is 0 Å². The Morgan fingerprint density at radius 3 is 2.50 bits per heavy atom. The normalized spacial score (nSPS) is 22.3. The highest BCUT2D eigenvalue weighted by Gasteiger charge is 2.32. The van der Waals surface area contributed by atoms with E-state index in [1.54, 1.807) is 4.90 Å². The number of hydrogen-bond acceptors (Lipinski definition) is 7. The van der Waals surface area contributed by atoms with Crippen LogP contribution in [0.2, 0.25) is 0 Å². The highest BCUT2D eigenvalue weighted by molar-refractivity contribution is 14.1.